The van der Waals surface area contributed by atoms with Gasteiger partial charge in [0.15, 0.2) is 0 Å². The van der Waals surface area contributed by atoms with Crippen molar-refractivity contribution in [3.8, 4) is 0 Å². The van der Waals surface area contributed by atoms with E-state index >= 15 is 0 Å². The predicted molar refractivity (Wildman–Crippen MR) is 127 cm³/mol. The second-order valence-corrected chi connectivity index (χ2v) is 9.15. The molecule has 0 saturated carbocycles. The van der Waals surface area contributed by atoms with E-state index in [9.17, 15) is 14.0 Å². The molecule has 6 nitrogen and oxygen atoms in total. The van der Waals surface area contributed by atoms with E-state index in [1.54, 1.807) is 12.1 Å². The Morgan fingerprint density at radius 2 is 1.48 bits per heavy atom. The van der Waals surface area contributed by atoms with E-state index in [4.69, 9.17) is 0 Å². The first-order chi connectivity index (χ1) is 16.0. The highest BCUT2D eigenvalue weighted by Crippen LogP contribution is 2.20. The summed E-state index contributed by atoms with van der Waals surface area (Å²) in [7, 11) is 0. The number of hydrogen-bond donors (Lipinski definition) is 2. The minimum atomic E-state index is -0.328. The molecule has 0 spiro atoms. The third-order valence-corrected chi connectivity index (χ3v) is 6.64. The van der Waals surface area contributed by atoms with E-state index in [0.29, 0.717) is 5.69 Å². The number of hydrogen-bond acceptors (Lipinski definition) is 4. The van der Waals surface area contributed by atoms with E-state index in [1.165, 1.54) is 17.7 Å². The Morgan fingerprint density at radius 1 is 0.848 bits per heavy atom. The quantitative estimate of drug-likeness (QED) is 0.677. The molecule has 176 valence electrons. The molecule has 0 radical (unpaired) electrons. The number of benzene rings is 2. The predicted octanol–water partition coefficient (Wildman–Crippen LogP) is 3.26. The van der Waals surface area contributed by atoms with Crippen molar-refractivity contribution < 1.29 is 14.0 Å². The average Bonchev–Trinajstić information content (AvgIpc) is 2.83. The second kappa shape index (κ2) is 11.4. The third-order valence-electron chi connectivity index (χ3n) is 6.64. The molecule has 33 heavy (non-hydrogen) atoms. The van der Waals surface area contributed by atoms with Gasteiger partial charge in [-0.15, -0.1) is 0 Å². The van der Waals surface area contributed by atoms with Gasteiger partial charge in [0.05, 0.1) is 6.54 Å². The maximum atomic E-state index is 13.0. The van der Waals surface area contributed by atoms with Gasteiger partial charge >= 0.3 is 0 Å². The number of amides is 2. The normalized spacial score (nSPS) is 18.7. The van der Waals surface area contributed by atoms with E-state index < -0.39 is 0 Å². The highest BCUT2D eigenvalue weighted by molar-refractivity contribution is 5.92. The Morgan fingerprint density at radius 3 is 2.15 bits per heavy atom. The molecule has 2 aromatic carbocycles. The van der Waals surface area contributed by atoms with Gasteiger partial charge in [-0.1, -0.05) is 30.3 Å². The maximum Gasteiger partial charge on any atom is 0.238 e. The summed E-state index contributed by atoms with van der Waals surface area (Å²) in [5.74, 6) is -0.270. The van der Waals surface area contributed by atoms with Crippen LogP contribution in [-0.2, 0) is 16.1 Å². The van der Waals surface area contributed by atoms with Crippen LogP contribution < -0.4 is 10.6 Å². The molecule has 4 rings (SSSR count). The molecule has 0 aromatic heterocycles. The zero-order valence-corrected chi connectivity index (χ0v) is 19.0. The van der Waals surface area contributed by atoms with Crippen molar-refractivity contribution in [3.05, 3.63) is 66.0 Å². The highest BCUT2D eigenvalue weighted by atomic mass is 19.1. The Balaban J connectivity index is 1.13. The van der Waals surface area contributed by atoms with Crippen LogP contribution in [0.5, 0.6) is 0 Å². The number of carbonyl (C=O) groups excluding carboxylic acids is 2. The fourth-order valence-electron chi connectivity index (χ4n) is 4.69. The van der Waals surface area contributed by atoms with Crippen molar-refractivity contribution in [2.75, 3.05) is 38.0 Å². The van der Waals surface area contributed by atoms with Crippen LogP contribution in [0, 0.1) is 11.7 Å². The zero-order chi connectivity index (χ0) is 23.0. The van der Waals surface area contributed by atoms with E-state index in [0.717, 1.165) is 58.4 Å². The second-order valence-electron chi connectivity index (χ2n) is 9.15. The molecule has 0 unspecified atom stereocenters. The average molecular weight is 453 g/mol. The van der Waals surface area contributed by atoms with Gasteiger partial charge in [-0.05, 0) is 68.6 Å². The standard InChI is InChI=1S/C26H33FN4O2/c27-22-6-8-23(9-7-22)28-25(32)19-31-14-10-21(11-15-31)26(33)29-24-12-16-30(17-13-24)18-20-4-2-1-3-5-20/h1-9,21,24H,10-19H2,(H,28,32)(H,29,33). The maximum absolute atomic E-state index is 13.0. The van der Waals surface area contributed by atoms with Crippen LogP contribution in [0.4, 0.5) is 10.1 Å². The monoisotopic (exact) mass is 452 g/mol. The molecule has 0 bridgehead atoms. The fraction of sp³-hybridized carbons (Fsp3) is 0.462. The third kappa shape index (κ3) is 7.11. The summed E-state index contributed by atoms with van der Waals surface area (Å²) in [4.78, 5) is 29.6. The van der Waals surface area contributed by atoms with Crippen LogP contribution in [0.2, 0.25) is 0 Å². The summed E-state index contributed by atoms with van der Waals surface area (Å²) in [5.41, 5.74) is 1.92. The molecule has 2 N–H and O–H groups in total. The topological polar surface area (TPSA) is 64.7 Å². The van der Waals surface area contributed by atoms with E-state index in [2.05, 4.69) is 44.7 Å². The molecular weight excluding hydrogens is 419 g/mol. The minimum Gasteiger partial charge on any atom is -0.353 e. The first kappa shape index (κ1) is 23.4. The van der Waals surface area contributed by atoms with Crippen molar-refractivity contribution in [2.45, 2.75) is 38.3 Å². The lowest BCUT2D eigenvalue weighted by Crippen LogP contribution is -2.48. The first-order valence-electron chi connectivity index (χ1n) is 11.9. The van der Waals surface area contributed by atoms with Gasteiger partial charge in [0.25, 0.3) is 0 Å². The van der Waals surface area contributed by atoms with Crippen LogP contribution in [0.25, 0.3) is 0 Å². The largest absolute Gasteiger partial charge is 0.353 e. The SMILES string of the molecule is O=C(CN1CCC(C(=O)NC2CCN(Cc3ccccc3)CC2)CC1)Nc1ccc(F)cc1. The molecule has 2 aliphatic rings. The van der Waals surface area contributed by atoms with Gasteiger partial charge in [-0.25, -0.2) is 4.39 Å². The molecule has 2 fully saturated rings. The Labute approximate surface area is 195 Å². The Kier molecular flexibility index (Phi) is 8.07. The van der Waals surface area contributed by atoms with Gasteiger partial charge in [0.1, 0.15) is 5.82 Å². The van der Waals surface area contributed by atoms with Crippen molar-refractivity contribution in [3.63, 3.8) is 0 Å². The van der Waals surface area contributed by atoms with Crippen LogP contribution in [0.3, 0.4) is 0 Å². The number of likely N-dealkylation sites (tertiary alicyclic amines) is 2. The summed E-state index contributed by atoms with van der Waals surface area (Å²) < 4.78 is 13.0. The Bertz CT molecular complexity index is 906. The van der Waals surface area contributed by atoms with Crippen LogP contribution in [0.15, 0.2) is 54.6 Å². The first-order valence-corrected chi connectivity index (χ1v) is 11.9. The van der Waals surface area contributed by atoms with Crippen molar-refractivity contribution >= 4 is 17.5 Å². The summed E-state index contributed by atoms with van der Waals surface area (Å²) in [5, 5.41) is 6.06. The number of rotatable bonds is 7. The summed E-state index contributed by atoms with van der Waals surface area (Å²) in [6, 6.07) is 16.5. The van der Waals surface area contributed by atoms with Crippen molar-refractivity contribution in [1.29, 1.82) is 0 Å². The fourth-order valence-corrected chi connectivity index (χ4v) is 4.69. The molecule has 7 heteroatoms. The number of carbonyl (C=O) groups is 2. The lowest BCUT2D eigenvalue weighted by molar-refractivity contribution is -0.127. The molecule has 2 saturated heterocycles. The van der Waals surface area contributed by atoms with Gasteiger partial charge < -0.3 is 10.6 Å². The molecular formula is C26H33FN4O2. The summed E-state index contributed by atoms with van der Waals surface area (Å²) in [6.07, 6.45) is 3.51. The lowest BCUT2D eigenvalue weighted by Gasteiger charge is -2.35. The van der Waals surface area contributed by atoms with Gasteiger partial charge in [0, 0.05) is 37.3 Å². The van der Waals surface area contributed by atoms with Crippen LogP contribution in [0.1, 0.15) is 31.2 Å². The number of nitrogens with one attached hydrogen (secondary N) is 2. The minimum absolute atomic E-state index is 0.0174. The summed E-state index contributed by atoms with van der Waals surface area (Å²) in [6.45, 7) is 4.71. The smallest absolute Gasteiger partial charge is 0.238 e. The van der Waals surface area contributed by atoms with Crippen LogP contribution >= 0.6 is 0 Å². The number of piperidine rings is 2. The number of nitrogens with zero attached hydrogens (tertiary/aromatic N) is 2. The number of anilines is 1. The molecule has 0 atom stereocenters. The van der Waals surface area contributed by atoms with Gasteiger partial charge in [-0.3, -0.25) is 19.4 Å². The summed E-state index contributed by atoms with van der Waals surface area (Å²) >= 11 is 0. The molecule has 2 amide bonds. The van der Waals surface area contributed by atoms with Gasteiger partial charge in [0.2, 0.25) is 11.8 Å². The van der Waals surface area contributed by atoms with E-state index in [1.807, 2.05) is 6.07 Å². The number of halogens is 1. The molecule has 0 aliphatic carbocycles. The lowest BCUT2D eigenvalue weighted by atomic mass is 9.94. The van der Waals surface area contributed by atoms with Crippen LogP contribution in [-0.4, -0.2) is 60.4 Å². The highest BCUT2D eigenvalue weighted by Gasteiger charge is 2.28. The molecule has 2 aliphatic heterocycles. The van der Waals surface area contributed by atoms with Gasteiger partial charge in [-0.2, -0.15) is 0 Å². The van der Waals surface area contributed by atoms with Crippen molar-refractivity contribution in [1.82, 2.24) is 15.1 Å². The molecule has 2 aromatic rings. The van der Waals surface area contributed by atoms with Crippen molar-refractivity contribution in [2.24, 2.45) is 5.92 Å². The Hall–Kier alpha value is -2.77. The molecule has 2 heterocycles. The van der Waals surface area contributed by atoms with E-state index in [-0.39, 0.29) is 36.1 Å². The zero-order valence-electron chi connectivity index (χ0n) is 19.0.